The minimum Gasteiger partial charge on any atom is -0.444 e. The largest absolute Gasteiger partial charge is 0.444 e. The summed E-state index contributed by atoms with van der Waals surface area (Å²) < 4.78 is 16.6. The summed E-state index contributed by atoms with van der Waals surface area (Å²) in [4.78, 5) is 16.1. The summed E-state index contributed by atoms with van der Waals surface area (Å²) in [5.41, 5.74) is -0.436. The number of ether oxygens (including phenoxy) is 3. The molecule has 2 saturated heterocycles. The molecule has 128 valence electrons. The zero-order valence-corrected chi connectivity index (χ0v) is 14.2. The SMILES string of the molecule is CC(C)(C)OC(=O)N1CCC(OCCCN2CCOCC2)C1. The molecule has 0 N–H and O–H groups in total. The Balaban J connectivity index is 1.57. The number of likely N-dealkylation sites (tertiary alicyclic amines) is 1. The maximum atomic E-state index is 12.0. The Morgan fingerprint density at radius 3 is 2.64 bits per heavy atom. The lowest BCUT2D eigenvalue weighted by atomic mass is 10.2. The lowest BCUT2D eigenvalue weighted by molar-refractivity contribution is 0.0149. The number of hydrogen-bond acceptors (Lipinski definition) is 5. The van der Waals surface area contributed by atoms with Crippen LogP contribution in [-0.4, -0.2) is 80.1 Å². The Labute approximate surface area is 133 Å². The summed E-state index contributed by atoms with van der Waals surface area (Å²) in [5, 5.41) is 0. The molecule has 2 aliphatic rings. The Hall–Kier alpha value is -0.850. The predicted octanol–water partition coefficient (Wildman–Crippen LogP) is 1.73. The molecule has 2 heterocycles. The van der Waals surface area contributed by atoms with Gasteiger partial charge in [0, 0.05) is 32.8 Å². The lowest BCUT2D eigenvalue weighted by Gasteiger charge is -2.26. The van der Waals surface area contributed by atoms with Crippen LogP contribution >= 0.6 is 0 Å². The van der Waals surface area contributed by atoms with Crippen molar-refractivity contribution < 1.29 is 19.0 Å². The number of morpholine rings is 1. The molecular formula is C16H30N2O4. The summed E-state index contributed by atoms with van der Waals surface area (Å²) in [6.07, 6.45) is 1.85. The van der Waals surface area contributed by atoms with Crippen LogP contribution in [0.3, 0.4) is 0 Å². The molecule has 0 radical (unpaired) electrons. The van der Waals surface area contributed by atoms with E-state index in [0.717, 1.165) is 58.8 Å². The van der Waals surface area contributed by atoms with Crippen molar-refractivity contribution in [1.82, 2.24) is 9.80 Å². The van der Waals surface area contributed by atoms with E-state index in [2.05, 4.69) is 4.90 Å². The van der Waals surface area contributed by atoms with Gasteiger partial charge in [0.25, 0.3) is 0 Å². The van der Waals surface area contributed by atoms with Crippen LogP contribution in [0.4, 0.5) is 4.79 Å². The molecule has 1 amide bonds. The third-order valence-corrected chi connectivity index (χ3v) is 3.87. The second kappa shape index (κ2) is 8.13. The zero-order valence-electron chi connectivity index (χ0n) is 14.2. The Morgan fingerprint density at radius 2 is 1.95 bits per heavy atom. The Bertz CT molecular complexity index is 351. The van der Waals surface area contributed by atoms with E-state index >= 15 is 0 Å². The fourth-order valence-electron chi connectivity index (χ4n) is 2.72. The van der Waals surface area contributed by atoms with Crippen molar-refractivity contribution in [3.63, 3.8) is 0 Å². The van der Waals surface area contributed by atoms with Crippen LogP contribution in [0.2, 0.25) is 0 Å². The van der Waals surface area contributed by atoms with Crippen LogP contribution in [0.5, 0.6) is 0 Å². The van der Waals surface area contributed by atoms with Gasteiger partial charge in [-0.1, -0.05) is 0 Å². The highest BCUT2D eigenvalue weighted by Crippen LogP contribution is 2.17. The smallest absolute Gasteiger partial charge is 0.410 e. The van der Waals surface area contributed by atoms with Gasteiger partial charge in [0.15, 0.2) is 0 Å². The van der Waals surface area contributed by atoms with E-state index in [0.29, 0.717) is 6.54 Å². The lowest BCUT2D eigenvalue weighted by Crippen LogP contribution is -2.37. The first-order valence-electron chi connectivity index (χ1n) is 8.34. The number of hydrogen-bond donors (Lipinski definition) is 0. The molecule has 1 unspecified atom stereocenters. The van der Waals surface area contributed by atoms with Crippen LogP contribution < -0.4 is 0 Å². The molecule has 1 atom stereocenters. The Kier molecular flexibility index (Phi) is 6.47. The summed E-state index contributed by atoms with van der Waals surface area (Å²) in [7, 11) is 0. The van der Waals surface area contributed by atoms with Crippen molar-refractivity contribution in [2.24, 2.45) is 0 Å². The van der Waals surface area contributed by atoms with Crippen molar-refractivity contribution in [1.29, 1.82) is 0 Å². The van der Waals surface area contributed by atoms with E-state index in [-0.39, 0.29) is 12.2 Å². The molecular weight excluding hydrogens is 284 g/mol. The van der Waals surface area contributed by atoms with Crippen LogP contribution in [-0.2, 0) is 14.2 Å². The molecule has 0 aliphatic carbocycles. The summed E-state index contributed by atoms with van der Waals surface area (Å²) in [6.45, 7) is 12.6. The van der Waals surface area contributed by atoms with E-state index < -0.39 is 5.60 Å². The molecule has 0 bridgehead atoms. The second-order valence-electron chi connectivity index (χ2n) is 7.02. The van der Waals surface area contributed by atoms with Gasteiger partial charge in [0.05, 0.1) is 25.9 Å². The van der Waals surface area contributed by atoms with Gasteiger partial charge in [0.1, 0.15) is 5.60 Å². The number of nitrogens with zero attached hydrogens (tertiary/aromatic N) is 2. The van der Waals surface area contributed by atoms with Gasteiger partial charge in [-0.3, -0.25) is 4.90 Å². The predicted molar refractivity (Wildman–Crippen MR) is 84.0 cm³/mol. The van der Waals surface area contributed by atoms with Crippen LogP contribution in [0.1, 0.15) is 33.6 Å². The number of amides is 1. The number of carbonyl (C=O) groups excluding carboxylic acids is 1. The van der Waals surface area contributed by atoms with Crippen molar-refractivity contribution >= 4 is 6.09 Å². The monoisotopic (exact) mass is 314 g/mol. The fraction of sp³-hybridized carbons (Fsp3) is 0.938. The fourth-order valence-corrected chi connectivity index (χ4v) is 2.72. The minimum absolute atomic E-state index is 0.150. The van der Waals surface area contributed by atoms with Crippen molar-refractivity contribution in [2.45, 2.75) is 45.3 Å². The molecule has 0 aromatic heterocycles. The van der Waals surface area contributed by atoms with Gasteiger partial charge in [-0.25, -0.2) is 4.79 Å². The third kappa shape index (κ3) is 6.10. The normalized spacial score (nSPS) is 23.8. The third-order valence-electron chi connectivity index (χ3n) is 3.87. The second-order valence-corrected chi connectivity index (χ2v) is 7.02. The molecule has 2 rings (SSSR count). The van der Waals surface area contributed by atoms with Gasteiger partial charge < -0.3 is 19.1 Å². The molecule has 0 aromatic rings. The zero-order chi connectivity index (χ0) is 16.0. The van der Waals surface area contributed by atoms with E-state index in [1.165, 1.54) is 0 Å². The van der Waals surface area contributed by atoms with E-state index in [1.54, 1.807) is 4.90 Å². The van der Waals surface area contributed by atoms with Crippen LogP contribution in [0.15, 0.2) is 0 Å². The quantitative estimate of drug-likeness (QED) is 0.724. The molecule has 6 heteroatoms. The van der Waals surface area contributed by atoms with E-state index in [9.17, 15) is 4.79 Å². The van der Waals surface area contributed by atoms with Gasteiger partial charge >= 0.3 is 6.09 Å². The first-order valence-corrected chi connectivity index (χ1v) is 8.34. The molecule has 2 aliphatic heterocycles. The summed E-state index contributed by atoms with van der Waals surface area (Å²) in [5.74, 6) is 0. The van der Waals surface area contributed by atoms with Gasteiger partial charge in [-0.05, 0) is 33.6 Å². The topological polar surface area (TPSA) is 51.2 Å². The number of carbonyl (C=O) groups is 1. The first-order chi connectivity index (χ1) is 10.4. The molecule has 0 saturated carbocycles. The molecule has 0 aromatic carbocycles. The molecule has 0 spiro atoms. The molecule has 22 heavy (non-hydrogen) atoms. The van der Waals surface area contributed by atoms with Gasteiger partial charge in [-0.15, -0.1) is 0 Å². The molecule has 2 fully saturated rings. The average Bonchev–Trinajstić information content (AvgIpc) is 2.92. The highest BCUT2D eigenvalue weighted by Gasteiger charge is 2.30. The summed E-state index contributed by atoms with van der Waals surface area (Å²) in [6, 6.07) is 0. The average molecular weight is 314 g/mol. The van der Waals surface area contributed by atoms with Gasteiger partial charge in [0.2, 0.25) is 0 Å². The maximum absolute atomic E-state index is 12.0. The standard InChI is InChI=1S/C16H30N2O4/c1-16(2,3)22-15(19)18-7-5-14(13-18)21-10-4-6-17-8-11-20-12-9-17/h14H,4-13H2,1-3H3. The van der Waals surface area contributed by atoms with E-state index in [4.69, 9.17) is 14.2 Å². The molecule has 6 nitrogen and oxygen atoms in total. The first kappa shape index (κ1) is 17.5. The van der Waals surface area contributed by atoms with Crippen LogP contribution in [0.25, 0.3) is 0 Å². The minimum atomic E-state index is -0.436. The highest BCUT2D eigenvalue weighted by molar-refractivity contribution is 5.68. The van der Waals surface area contributed by atoms with Crippen molar-refractivity contribution in [3.05, 3.63) is 0 Å². The van der Waals surface area contributed by atoms with Crippen LogP contribution in [0, 0.1) is 0 Å². The van der Waals surface area contributed by atoms with Crippen molar-refractivity contribution in [2.75, 3.05) is 52.5 Å². The highest BCUT2D eigenvalue weighted by atomic mass is 16.6. The van der Waals surface area contributed by atoms with Gasteiger partial charge in [-0.2, -0.15) is 0 Å². The van der Waals surface area contributed by atoms with Crippen molar-refractivity contribution in [3.8, 4) is 0 Å². The number of rotatable bonds is 5. The van der Waals surface area contributed by atoms with E-state index in [1.807, 2.05) is 20.8 Å². The summed E-state index contributed by atoms with van der Waals surface area (Å²) >= 11 is 0. The Morgan fingerprint density at radius 1 is 1.23 bits per heavy atom. The maximum Gasteiger partial charge on any atom is 0.410 e.